The zero-order chi connectivity index (χ0) is 14.8. The van der Waals surface area contributed by atoms with Gasteiger partial charge in [0.05, 0.1) is 10.7 Å². The molecule has 5 N–H and O–H groups in total. The van der Waals surface area contributed by atoms with Gasteiger partial charge in [-0.2, -0.15) is 0 Å². The van der Waals surface area contributed by atoms with Crippen LogP contribution in [0.15, 0.2) is 34.6 Å². The van der Waals surface area contributed by atoms with E-state index in [0.717, 1.165) is 12.1 Å². The second kappa shape index (κ2) is 5.47. The largest absolute Gasteiger partial charge is 0.398 e. The van der Waals surface area contributed by atoms with Crippen molar-refractivity contribution in [2.75, 3.05) is 12.3 Å². The SMILES string of the molecule is C=CCNS(=O)(=O)c1cc(S(N)(=O)=O)c(Cl)cc1N. The molecule has 0 radical (unpaired) electrons. The fourth-order valence-electron chi connectivity index (χ4n) is 1.25. The van der Waals surface area contributed by atoms with Crippen LogP contribution in [0.1, 0.15) is 0 Å². The molecule has 0 amide bonds. The number of anilines is 1. The highest BCUT2D eigenvalue weighted by Crippen LogP contribution is 2.29. The van der Waals surface area contributed by atoms with E-state index in [1.165, 1.54) is 6.08 Å². The smallest absolute Gasteiger partial charge is 0.242 e. The second-order valence-electron chi connectivity index (χ2n) is 3.51. The first kappa shape index (κ1) is 15.9. The van der Waals surface area contributed by atoms with Gasteiger partial charge >= 0.3 is 0 Å². The monoisotopic (exact) mass is 325 g/mol. The van der Waals surface area contributed by atoms with Gasteiger partial charge in [-0.05, 0) is 12.1 Å². The van der Waals surface area contributed by atoms with Gasteiger partial charge in [-0.1, -0.05) is 17.7 Å². The minimum atomic E-state index is -4.15. The maximum absolute atomic E-state index is 11.9. The van der Waals surface area contributed by atoms with Crippen molar-refractivity contribution in [1.82, 2.24) is 4.72 Å². The summed E-state index contributed by atoms with van der Waals surface area (Å²) < 4.78 is 48.5. The third-order valence-electron chi connectivity index (χ3n) is 2.08. The molecule has 10 heteroatoms. The maximum atomic E-state index is 11.9. The van der Waals surface area contributed by atoms with E-state index >= 15 is 0 Å². The van der Waals surface area contributed by atoms with Gasteiger partial charge in [0.2, 0.25) is 20.0 Å². The van der Waals surface area contributed by atoms with Crippen molar-refractivity contribution in [3.05, 3.63) is 29.8 Å². The lowest BCUT2D eigenvalue weighted by atomic mass is 10.3. The molecule has 1 aromatic carbocycles. The maximum Gasteiger partial charge on any atom is 0.242 e. The molecule has 1 aromatic rings. The molecule has 0 atom stereocenters. The number of sulfonamides is 2. The summed E-state index contributed by atoms with van der Waals surface area (Å²) in [5.41, 5.74) is 5.34. The van der Waals surface area contributed by atoms with Gasteiger partial charge in [-0.25, -0.2) is 26.7 Å². The van der Waals surface area contributed by atoms with Crippen LogP contribution in [0.4, 0.5) is 5.69 Å². The summed E-state index contributed by atoms with van der Waals surface area (Å²) in [4.78, 5) is -0.926. The molecule has 0 aliphatic rings. The van der Waals surface area contributed by atoms with E-state index < -0.39 is 29.8 Å². The molecular weight excluding hydrogens is 314 g/mol. The Bertz CT molecular complexity index is 713. The molecule has 0 spiro atoms. The van der Waals surface area contributed by atoms with E-state index in [4.69, 9.17) is 22.5 Å². The van der Waals surface area contributed by atoms with Gasteiger partial charge in [0, 0.05) is 6.54 Å². The van der Waals surface area contributed by atoms with Crippen LogP contribution in [0.2, 0.25) is 5.02 Å². The summed E-state index contributed by atoms with van der Waals surface area (Å²) in [6.45, 7) is 3.32. The molecule has 0 fully saturated rings. The van der Waals surface area contributed by atoms with E-state index in [1.54, 1.807) is 0 Å². The van der Waals surface area contributed by atoms with E-state index in [2.05, 4.69) is 11.3 Å². The van der Waals surface area contributed by atoms with Gasteiger partial charge in [0.15, 0.2) is 0 Å². The topological polar surface area (TPSA) is 132 Å². The summed E-state index contributed by atoms with van der Waals surface area (Å²) in [5.74, 6) is 0. The van der Waals surface area contributed by atoms with Crippen LogP contribution in [0.3, 0.4) is 0 Å². The highest BCUT2D eigenvalue weighted by molar-refractivity contribution is 7.90. The zero-order valence-corrected chi connectivity index (χ0v) is 12.0. The molecule has 0 aliphatic heterocycles. The molecule has 0 saturated heterocycles. The van der Waals surface area contributed by atoms with Crippen molar-refractivity contribution in [2.24, 2.45) is 5.14 Å². The molecule has 0 bridgehead atoms. The molecule has 7 nitrogen and oxygen atoms in total. The molecule has 0 aromatic heterocycles. The van der Waals surface area contributed by atoms with Crippen molar-refractivity contribution in [3.63, 3.8) is 0 Å². The first-order valence-electron chi connectivity index (χ1n) is 4.82. The minimum absolute atomic E-state index is 0.0326. The summed E-state index contributed by atoms with van der Waals surface area (Å²) in [5, 5.41) is 4.69. The number of rotatable bonds is 5. The van der Waals surface area contributed by atoms with Crippen LogP contribution in [-0.2, 0) is 20.0 Å². The number of nitrogens with two attached hydrogens (primary N) is 2. The normalized spacial score (nSPS) is 12.3. The van der Waals surface area contributed by atoms with Crippen LogP contribution in [0, 0.1) is 0 Å². The number of hydrogen-bond acceptors (Lipinski definition) is 5. The van der Waals surface area contributed by atoms with E-state index in [0.29, 0.717) is 0 Å². The van der Waals surface area contributed by atoms with Gasteiger partial charge in [-0.3, -0.25) is 0 Å². The van der Waals surface area contributed by atoms with Crippen molar-refractivity contribution in [2.45, 2.75) is 9.79 Å². The molecule has 19 heavy (non-hydrogen) atoms. The van der Waals surface area contributed by atoms with Crippen molar-refractivity contribution >= 4 is 37.3 Å². The molecular formula is C9H12ClN3O4S2. The zero-order valence-electron chi connectivity index (χ0n) is 9.63. The third kappa shape index (κ3) is 3.67. The Kier molecular flexibility index (Phi) is 4.59. The lowest BCUT2D eigenvalue weighted by Crippen LogP contribution is -2.25. The highest BCUT2D eigenvalue weighted by atomic mass is 35.5. The Morgan fingerprint density at radius 2 is 1.84 bits per heavy atom. The van der Waals surface area contributed by atoms with Gasteiger partial charge in [0.1, 0.15) is 9.79 Å². The Morgan fingerprint density at radius 3 is 2.32 bits per heavy atom. The number of primary sulfonamides is 1. The first-order valence-corrected chi connectivity index (χ1v) is 8.22. The number of benzene rings is 1. The van der Waals surface area contributed by atoms with Crippen LogP contribution in [-0.4, -0.2) is 23.4 Å². The number of hydrogen-bond donors (Lipinski definition) is 3. The fourth-order valence-corrected chi connectivity index (χ4v) is 3.56. The lowest BCUT2D eigenvalue weighted by Gasteiger charge is -2.10. The van der Waals surface area contributed by atoms with Gasteiger partial charge in [0.25, 0.3) is 0 Å². The fraction of sp³-hybridized carbons (Fsp3) is 0.111. The quantitative estimate of drug-likeness (QED) is 0.519. The van der Waals surface area contributed by atoms with E-state index in [1.807, 2.05) is 0 Å². The summed E-state index contributed by atoms with van der Waals surface area (Å²) in [6.07, 6.45) is 1.32. The average Bonchev–Trinajstić information content (AvgIpc) is 2.24. The lowest BCUT2D eigenvalue weighted by molar-refractivity contribution is 0.585. The summed E-state index contributed by atoms with van der Waals surface area (Å²) >= 11 is 5.67. The number of nitrogen functional groups attached to an aromatic ring is 1. The molecule has 1 rings (SSSR count). The minimum Gasteiger partial charge on any atom is -0.398 e. The predicted octanol–water partition coefficient (Wildman–Crippen LogP) is 0.0339. The third-order valence-corrected chi connectivity index (χ3v) is 4.93. The van der Waals surface area contributed by atoms with Crippen molar-refractivity contribution in [3.8, 4) is 0 Å². The second-order valence-corrected chi connectivity index (χ2v) is 7.18. The molecule has 0 saturated carbocycles. The predicted molar refractivity (Wildman–Crippen MR) is 72.6 cm³/mol. The summed E-state index contributed by atoms with van der Waals surface area (Å²) in [7, 11) is -8.13. The molecule has 0 unspecified atom stereocenters. The number of nitrogens with one attached hydrogen (secondary N) is 1. The van der Waals surface area contributed by atoms with E-state index in [-0.39, 0.29) is 17.3 Å². The Hall–Kier alpha value is -1.13. The van der Waals surface area contributed by atoms with Crippen LogP contribution in [0.25, 0.3) is 0 Å². The molecule has 106 valence electrons. The first-order chi connectivity index (χ1) is 8.59. The van der Waals surface area contributed by atoms with E-state index in [9.17, 15) is 16.8 Å². The van der Waals surface area contributed by atoms with Gasteiger partial charge in [-0.15, -0.1) is 6.58 Å². The summed E-state index contributed by atoms with van der Waals surface area (Å²) in [6, 6.07) is 1.84. The Morgan fingerprint density at radius 1 is 1.26 bits per heavy atom. The standard InChI is InChI=1S/C9H12ClN3O4S2/c1-2-3-13-19(16,17)9-5-8(18(12,14)15)6(10)4-7(9)11/h2,4-5,13H,1,3,11H2,(H2,12,14,15). The average molecular weight is 326 g/mol. The van der Waals surface area contributed by atoms with Gasteiger partial charge < -0.3 is 5.73 Å². The van der Waals surface area contributed by atoms with Crippen molar-refractivity contribution in [1.29, 1.82) is 0 Å². The Labute approximate surface area is 116 Å². The van der Waals surface area contributed by atoms with Crippen LogP contribution >= 0.6 is 11.6 Å². The highest BCUT2D eigenvalue weighted by Gasteiger charge is 2.22. The molecule has 0 heterocycles. The Balaban J connectivity index is 3.50. The molecule has 0 aliphatic carbocycles. The van der Waals surface area contributed by atoms with Crippen molar-refractivity contribution < 1.29 is 16.8 Å². The number of halogens is 1. The van der Waals surface area contributed by atoms with Crippen LogP contribution < -0.4 is 15.6 Å². The van der Waals surface area contributed by atoms with Crippen LogP contribution in [0.5, 0.6) is 0 Å².